The van der Waals surface area contributed by atoms with E-state index in [0.717, 1.165) is 12.1 Å². The van der Waals surface area contributed by atoms with E-state index in [2.05, 4.69) is 0 Å². The monoisotopic (exact) mass is 199 g/mol. The predicted octanol–water partition coefficient (Wildman–Crippen LogP) is 1.43. The lowest BCUT2D eigenvalue weighted by Gasteiger charge is -2.02. The Balaban J connectivity index is 2.80. The molecule has 1 aromatic carbocycles. The van der Waals surface area contributed by atoms with Gasteiger partial charge in [0, 0.05) is 18.4 Å². The van der Waals surface area contributed by atoms with Crippen molar-refractivity contribution in [1.82, 2.24) is 0 Å². The number of carbonyl (C=O) groups excluding carboxylic acids is 1. The minimum Gasteiger partial charge on any atom is -0.330 e. The first kappa shape index (κ1) is 10.8. The number of hydrogen-bond acceptors (Lipinski definition) is 2. The zero-order valence-corrected chi connectivity index (χ0v) is 7.59. The zero-order chi connectivity index (χ0) is 10.6. The highest BCUT2D eigenvalue weighted by atomic mass is 19.1. The molecular formula is C10H11F2NO. The third kappa shape index (κ3) is 2.60. The van der Waals surface area contributed by atoms with Crippen molar-refractivity contribution in [3.8, 4) is 0 Å². The van der Waals surface area contributed by atoms with Crippen LogP contribution in [0.4, 0.5) is 8.78 Å². The third-order valence-corrected chi connectivity index (χ3v) is 1.86. The highest BCUT2D eigenvalue weighted by Crippen LogP contribution is 2.13. The van der Waals surface area contributed by atoms with Gasteiger partial charge in [-0.1, -0.05) is 6.07 Å². The van der Waals surface area contributed by atoms with Crippen LogP contribution in [-0.2, 0) is 11.2 Å². The summed E-state index contributed by atoms with van der Waals surface area (Å²) in [6.45, 7) is 0.203. The Kier molecular flexibility index (Phi) is 3.71. The molecule has 2 nitrogen and oxygen atoms in total. The topological polar surface area (TPSA) is 43.1 Å². The number of nitrogens with two attached hydrogens (primary N) is 1. The summed E-state index contributed by atoms with van der Waals surface area (Å²) in [7, 11) is 0. The second kappa shape index (κ2) is 4.81. The minimum atomic E-state index is -0.685. The fraction of sp³-hybridized carbons (Fsp3) is 0.300. The molecule has 0 aliphatic carbocycles. The quantitative estimate of drug-likeness (QED) is 0.797. The van der Waals surface area contributed by atoms with E-state index in [-0.39, 0.29) is 30.7 Å². The molecular weight excluding hydrogens is 188 g/mol. The van der Waals surface area contributed by atoms with E-state index >= 15 is 0 Å². The Morgan fingerprint density at radius 3 is 2.36 bits per heavy atom. The van der Waals surface area contributed by atoms with E-state index in [1.165, 1.54) is 6.07 Å². The van der Waals surface area contributed by atoms with Crippen molar-refractivity contribution in [1.29, 1.82) is 0 Å². The molecule has 0 saturated carbocycles. The van der Waals surface area contributed by atoms with Crippen LogP contribution in [0.2, 0.25) is 0 Å². The summed E-state index contributed by atoms with van der Waals surface area (Å²) in [6, 6.07) is 3.53. The zero-order valence-electron chi connectivity index (χ0n) is 7.59. The molecule has 4 heteroatoms. The van der Waals surface area contributed by atoms with Crippen LogP contribution in [0.3, 0.4) is 0 Å². The van der Waals surface area contributed by atoms with Crippen LogP contribution in [0.25, 0.3) is 0 Å². The number of halogens is 2. The minimum absolute atomic E-state index is 0.147. The molecule has 14 heavy (non-hydrogen) atoms. The van der Waals surface area contributed by atoms with Gasteiger partial charge in [0.05, 0.1) is 0 Å². The maximum absolute atomic E-state index is 13.0. The van der Waals surface area contributed by atoms with Crippen molar-refractivity contribution in [3.63, 3.8) is 0 Å². The average molecular weight is 199 g/mol. The van der Waals surface area contributed by atoms with E-state index in [9.17, 15) is 13.6 Å². The maximum atomic E-state index is 13.0. The van der Waals surface area contributed by atoms with Gasteiger partial charge in [-0.15, -0.1) is 0 Å². The molecule has 0 spiro atoms. The van der Waals surface area contributed by atoms with Gasteiger partial charge in [0.25, 0.3) is 0 Å². The summed E-state index contributed by atoms with van der Waals surface area (Å²) in [5, 5.41) is 0. The third-order valence-electron chi connectivity index (χ3n) is 1.86. The standard InChI is InChI=1S/C10H11F2NO/c11-9-2-1-3-10(12)8(9)6-7(14)4-5-13/h1-3H,4-6,13H2. The molecule has 0 unspecified atom stereocenters. The van der Waals surface area contributed by atoms with Gasteiger partial charge in [0.2, 0.25) is 0 Å². The van der Waals surface area contributed by atoms with Crippen LogP contribution in [-0.4, -0.2) is 12.3 Å². The molecule has 0 radical (unpaired) electrons. The van der Waals surface area contributed by atoms with E-state index < -0.39 is 11.6 Å². The first-order valence-corrected chi connectivity index (χ1v) is 4.30. The molecule has 1 rings (SSSR count). The first-order valence-electron chi connectivity index (χ1n) is 4.30. The van der Waals surface area contributed by atoms with Crippen LogP contribution in [0.1, 0.15) is 12.0 Å². The van der Waals surface area contributed by atoms with Crippen LogP contribution in [0.5, 0.6) is 0 Å². The van der Waals surface area contributed by atoms with Crippen molar-refractivity contribution in [2.75, 3.05) is 6.54 Å². The molecule has 2 N–H and O–H groups in total. The molecule has 1 aromatic rings. The van der Waals surface area contributed by atoms with Crippen molar-refractivity contribution in [2.45, 2.75) is 12.8 Å². The highest BCUT2D eigenvalue weighted by Gasteiger charge is 2.11. The van der Waals surface area contributed by atoms with Crippen LogP contribution < -0.4 is 5.73 Å². The predicted molar refractivity (Wildman–Crippen MR) is 48.7 cm³/mol. The summed E-state index contributed by atoms with van der Waals surface area (Å²) in [5.41, 5.74) is 4.98. The number of hydrogen-bond donors (Lipinski definition) is 1. The lowest BCUT2D eigenvalue weighted by molar-refractivity contribution is -0.118. The fourth-order valence-corrected chi connectivity index (χ4v) is 1.15. The van der Waals surface area contributed by atoms with Crippen molar-refractivity contribution in [2.24, 2.45) is 5.73 Å². The van der Waals surface area contributed by atoms with Gasteiger partial charge in [0.15, 0.2) is 0 Å². The van der Waals surface area contributed by atoms with Gasteiger partial charge in [-0.3, -0.25) is 4.79 Å². The van der Waals surface area contributed by atoms with Gasteiger partial charge in [-0.25, -0.2) is 8.78 Å². The first-order chi connectivity index (χ1) is 6.65. The second-order valence-electron chi connectivity index (χ2n) is 2.95. The Labute approximate surface area is 80.7 Å². The molecule has 0 aliphatic rings. The average Bonchev–Trinajstić information content (AvgIpc) is 2.12. The van der Waals surface area contributed by atoms with E-state index in [0.29, 0.717) is 0 Å². The van der Waals surface area contributed by atoms with E-state index in [1.807, 2.05) is 0 Å². The summed E-state index contributed by atoms with van der Waals surface area (Å²) in [4.78, 5) is 11.1. The largest absolute Gasteiger partial charge is 0.330 e. The van der Waals surface area contributed by atoms with Crippen LogP contribution in [0, 0.1) is 11.6 Å². The molecule has 0 fully saturated rings. The molecule has 0 bridgehead atoms. The lowest BCUT2D eigenvalue weighted by Crippen LogP contribution is -2.12. The van der Waals surface area contributed by atoms with Crippen molar-refractivity contribution < 1.29 is 13.6 Å². The number of rotatable bonds is 4. The van der Waals surface area contributed by atoms with Gasteiger partial charge in [0.1, 0.15) is 17.4 Å². The van der Waals surface area contributed by atoms with Crippen molar-refractivity contribution in [3.05, 3.63) is 35.4 Å². The summed E-state index contributed by atoms with van der Waals surface area (Å²) in [5.74, 6) is -1.62. The molecule has 0 amide bonds. The number of carbonyl (C=O) groups is 1. The molecule has 76 valence electrons. The smallest absolute Gasteiger partial charge is 0.138 e. The highest BCUT2D eigenvalue weighted by molar-refractivity contribution is 5.81. The molecule has 0 atom stereocenters. The number of Topliss-reactive ketones (excluding diaryl/α,β-unsaturated/α-hetero) is 1. The second-order valence-corrected chi connectivity index (χ2v) is 2.95. The van der Waals surface area contributed by atoms with Crippen LogP contribution >= 0.6 is 0 Å². The summed E-state index contributed by atoms with van der Waals surface area (Å²) >= 11 is 0. The molecule has 0 heterocycles. The SMILES string of the molecule is NCCC(=O)Cc1c(F)cccc1F. The lowest BCUT2D eigenvalue weighted by atomic mass is 10.1. The van der Waals surface area contributed by atoms with Crippen LogP contribution in [0.15, 0.2) is 18.2 Å². The van der Waals surface area contributed by atoms with Gasteiger partial charge >= 0.3 is 0 Å². The number of benzene rings is 1. The van der Waals surface area contributed by atoms with Gasteiger partial charge < -0.3 is 5.73 Å². The maximum Gasteiger partial charge on any atom is 0.138 e. The number of ketones is 1. The van der Waals surface area contributed by atoms with E-state index in [1.54, 1.807) is 0 Å². The molecule has 0 saturated heterocycles. The Hall–Kier alpha value is -1.29. The fourth-order valence-electron chi connectivity index (χ4n) is 1.15. The normalized spacial score (nSPS) is 10.2. The van der Waals surface area contributed by atoms with Gasteiger partial charge in [-0.05, 0) is 18.7 Å². The van der Waals surface area contributed by atoms with Crippen molar-refractivity contribution >= 4 is 5.78 Å². The Bertz CT molecular complexity index is 319. The van der Waals surface area contributed by atoms with Gasteiger partial charge in [-0.2, -0.15) is 0 Å². The Morgan fingerprint density at radius 1 is 1.29 bits per heavy atom. The molecule has 0 aliphatic heterocycles. The van der Waals surface area contributed by atoms with E-state index in [4.69, 9.17) is 5.73 Å². The summed E-state index contributed by atoms with van der Waals surface area (Å²) in [6.07, 6.45) is -0.0799. The Morgan fingerprint density at radius 2 is 1.86 bits per heavy atom. The molecule has 0 aromatic heterocycles. The summed E-state index contributed by atoms with van der Waals surface area (Å²) < 4.78 is 26.1.